The van der Waals surface area contributed by atoms with Crippen molar-refractivity contribution in [2.45, 2.75) is 44.6 Å². The second-order valence-electron chi connectivity index (χ2n) is 7.60. The first kappa shape index (κ1) is 19.1. The van der Waals surface area contributed by atoms with Crippen molar-refractivity contribution in [1.82, 2.24) is 10.2 Å². The zero-order valence-electron chi connectivity index (χ0n) is 15.2. The molecule has 1 aromatic rings. The number of hydrogen-bond donors (Lipinski definition) is 2. The summed E-state index contributed by atoms with van der Waals surface area (Å²) in [5.41, 5.74) is 1.42. The number of carbonyl (C=O) groups is 2. The molecule has 0 bridgehead atoms. The van der Waals surface area contributed by atoms with Gasteiger partial charge in [0.05, 0.1) is 0 Å². The number of carboxylic acids is 1. The SMILES string of the molecule is O=C(O)CCC(Cc1ccccc1)NC(=O)N1CCCC2(CCSC2)C1. The monoisotopic (exact) mass is 376 g/mol. The van der Waals surface area contributed by atoms with Crippen LogP contribution in [0.25, 0.3) is 0 Å². The van der Waals surface area contributed by atoms with E-state index in [0.717, 1.165) is 30.8 Å². The quantitative estimate of drug-likeness (QED) is 0.798. The fraction of sp³-hybridized carbons (Fsp3) is 0.600. The molecule has 2 amide bonds. The average molecular weight is 377 g/mol. The molecule has 1 spiro atoms. The van der Waals surface area contributed by atoms with Gasteiger partial charge in [-0.05, 0) is 48.8 Å². The highest BCUT2D eigenvalue weighted by Gasteiger charge is 2.39. The molecule has 142 valence electrons. The Hall–Kier alpha value is -1.69. The Balaban J connectivity index is 1.61. The maximum Gasteiger partial charge on any atom is 0.317 e. The Bertz CT molecular complexity index is 617. The minimum absolute atomic E-state index is 0.0349. The van der Waals surface area contributed by atoms with Gasteiger partial charge in [-0.1, -0.05) is 30.3 Å². The second-order valence-corrected chi connectivity index (χ2v) is 8.70. The molecule has 2 N–H and O–H groups in total. The van der Waals surface area contributed by atoms with Gasteiger partial charge in [0.25, 0.3) is 0 Å². The van der Waals surface area contributed by atoms with Crippen LogP contribution in [-0.2, 0) is 11.2 Å². The topological polar surface area (TPSA) is 69.6 Å². The number of aliphatic carboxylic acids is 1. The average Bonchev–Trinajstić information content (AvgIpc) is 3.08. The van der Waals surface area contributed by atoms with Crippen molar-refractivity contribution in [3.05, 3.63) is 35.9 Å². The minimum atomic E-state index is -0.822. The lowest BCUT2D eigenvalue weighted by Crippen LogP contribution is -2.52. The Labute approximate surface area is 159 Å². The maximum atomic E-state index is 12.8. The number of carboxylic acid groups (broad SMARTS) is 1. The molecule has 1 aromatic carbocycles. The Morgan fingerprint density at radius 3 is 2.77 bits per heavy atom. The molecule has 0 radical (unpaired) electrons. The van der Waals surface area contributed by atoms with E-state index in [0.29, 0.717) is 18.3 Å². The first-order valence-corrected chi connectivity index (χ1v) is 10.6. The number of likely N-dealkylation sites (tertiary alicyclic amines) is 1. The number of carbonyl (C=O) groups excluding carboxylic acids is 1. The Morgan fingerprint density at radius 1 is 1.27 bits per heavy atom. The van der Waals surface area contributed by atoms with Crippen molar-refractivity contribution >= 4 is 23.8 Å². The van der Waals surface area contributed by atoms with E-state index in [2.05, 4.69) is 5.32 Å². The summed E-state index contributed by atoms with van der Waals surface area (Å²) in [6, 6.07) is 9.75. The van der Waals surface area contributed by atoms with Crippen molar-refractivity contribution in [2.24, 2.45) is 5.41 Å². The Kier molecular flexibility index (Phi) is 6.46. The van der Waals surface area contributed by atoms with Crippen molar-refractivity contribution in [3.8, 4) is 0 Å². The molecule has 6 heteroatoms. The predicted molar refractivity (Wildman–Crippen MR) is 105 cm³/mol. The molecule has 2 atom stereocenters. The number of amides is 2. The van der Waals surface area contributed by atoms with E-state index in [1.165, 1.54) is 18.6 Å². The molecule has 0 aliphatic carbocycles. The van der Waals surface area contributed by atoms with Crippen LogP contribution < -0.4 is 5.32 Å². The van der Waals surface area contributed by atoms with Crippen LogP contribution >= 0.6 is 11.8 Å². The predicted octanol–water partition coefficient (Wildman–Crippen LogP) is 3.39. The number of rotatable bonds is 6. The highest BCUT2D eigenvalue weighted by Crippen LogP contribution is 2.42. The molecule has 5 nitrogen and oxygen atoms in total. The van der Waals surface area contributed by atoms with Gasteiger partial charge in [-0.25, -0.2) is 4.79 Å². The van der Waals surface area contributed by atoms with Crippen LogP contribution in [0.1, 0.15) is 37.7 Å². The minimum Gasteiger partial charge on any atom is -0.481 e. The summed E-state index contributed by atoms with van der Waals surface area (Å²) in [7, 11) is 0. The molecule has 3 rings (SSSR count). The fourth-order valence-corrected chi connectivity index (χ4v) is 5.57. The zero-order chi connectivity index (χ0) is 18.4. The largest absolute Gasteiger partial charge is 0.481 e. The molecule has 2 fully saturated rings. The maximum absolute atomic E-state index is 12.8. The summed E-state index contributed by atoms with van der Waals surface area (Å²) in [5, 5.41) is 12.1. The van der Waals surface area contributed by atoms with E-state index in [9.17, 15) is 9.59 Å². The van der Waals surface area contributed by atoms with Crippen molar-refractivity contribution in [1.29, 1.82) is 0 Å². The first-order valence-electron chi connectivity index (χ1n) is 9.45. The molecular weight excluding hydrogens is 348 g/mol. The van der Waals surface area contributed by atoms with Gasteiger partial charge in [0.2, 0.25) is 0 Å². The van der Waals surface area contributed by atoms with Crippen molar-refractivity contribution in [2.75, 3.05) is 24.6 Å². The summed E-state index contributed by atoms with van der Waals surface area (Å²) >= 11 is 2.00. The van der Waals surface area contributed by atoms with Crippen molar-refractivity contribution in [3.63, 3.8) is 0 Å². The molecule has 2 saturated heterocycles. The standard InChI is InChI=1S/C20H28N2O3S/c23-18(24)8-7-17(13-16-5-2-1-3-6-16)21-19(25)22-11-4-9-20(14-22)10-12-26-15-20/h1-3,5-6,17H,4,7-15H2,(H,21,25)(H,23,24). The third-order valence-corrected chi connectivity index (χ3v) is 6.80. The highest BCUT2D eigenvalue weighted by atomic mass is 32.2. The summed E-state index contributed by atoms with van der Waals surface area (Å²) in [5.74, 6) is 1.53. The lowest BCUT2D eigenvalue weighted by molar-refractivity contribution is -0.137. The van der Waals surface area contributed by atoms with Gasteiger partial charge >= 0.3 is 12.0 Å². The van der Waals surface area contributed by atoms with Gasteiger partial charge in [0.15, 0.2) is 0 Å². The van der Waals surface area contributed by atoms with E-state index >= 15 is 0 Å². The molecule has 2 heterocycles. The molecule has 2 unspecified atom stereocenters. The number of nitrogens with one attached hydrogen (secondary N) is 1. The van der Waals surface area contributed by atoms with Gasteiger partial charge in [-0.2, -0.15) is 11.8 Å². The van der Waals surface area contributed by atoms with E-state index in [4.69, 9.17) is 5.11 Å². The van der Waals surface area contributed by atoms with Crippen LogP contribution in [0.2, 0.25) is 0 Å². The molecule has 26 heavy (non-hydrogen) atoms. The lowest BCUT2D eigenvalue weighted by atomic mass is 9.80. The van der Waals surface area contributed by atoms with Crippen molar-refractivity contribution < 1.29 is 14.7 Å². The number of urea groups is 1. The zero-order valence-corrected chi connectivity index (χ0v) is 16.0. The number of benzene rings is 1. The van der Waals surface area contributed by atoms with Crippen LogP contribution in [-0.4, -0.2) is 52.6 Å². The van der Waals surface area contributed by atoms with Gasteiger partial charge < -0.3 is 15.3 Å². The molecule has 2 aliphatic rings. The smallest absolute Gasteiger partial charge is 0.317 e. The number of thioether (sulfide) groups is 1. The van der Waals surface area contributed by atoms with Crippen LogP contribution in [0.3, 0.4) is 0 Å². The normalized spacial score (nSPS) is 23.8. The third kappa shape index (κ3) is 5.16. The number of hydrogen-bond acceptors (Lipinski definition) is 3. The summed E-state index contributed by atoms with van der Waals surface area (Å²) < 4.78 is 0. The number of piperidine rings is 1. The summed E-state index contributed by atoms with van der Waals surface area (Å²) in [6.45, 7) is 1.64. The summed E-state index contributed by atoms with van der Waals surface area (Å²) in [6.07, 6.45) is 4.66. The fourth-order valence-electron chi connectivity index (χ4n) is 4.04. The number of nitrogens with zero attached hydrogens (tertiary/aromatic N) is 1. The molecule has 0 aromatic heterocycles. The van der Waals surface area contributed by atoms with Gasteiger partial charge in [-0.15, -0.1) is 0 Å². The first-order chi connectivity index (χ1) is 12.6. The van der Waals surface area contributed by atoms with Crippen LogP contribution in [0, 0.1) is 5.41 Å². The van der Waals surface area contributed by atoms with Crippen LogP contribution in [0.5, 0.6) is 0 Å². The van der Waals surface area contributed by atoms with Crippen LogP contribution in [0.15, 0.2) is 30.3 Å². The van der Waals surface area contributed by atoms with E-state index in [1.54, 1.807) is 0 Å². The lowest BCUT2D eigenvalue weighted by Gasteiger charge is -2.40. The third-order valence-electron chi connectivity index (χ3n) is 5.49. The molecule has 2 aliphatic heterocycles. The molecule has 0 saturated carbocycles. The van der Waals surface area contributed by atoms with Gasteiger partial charge in [0.1, 0.15) is 0 Å². The second kappa shape index (κ2) is 8.80. The van der Waals surface area contributed by atoms with Crippen LogP contribution in [0.4, 0.5) is 4.79 Å². The Morgan fingerprint density at radius 2 is 2.08 bits per heavy atom. The van der Waals surface area contributed by atoms with E-state index in [1.807, 2.05) is 47.0 Å². The highest BCUT2D eigenvalue weighted by molar-refractivity contribution is 7.99. The van der Waals surface area contributed by atoms with E-state index < -0.39 is 5.97 Å². The van der Waals surface area contributed by atoms with Gasteiger partial charge in [-0.3, -0.25) is 4.79 Å². The molecular formula is C20H28N2O3S. The van der Waals surface area contributed by atoms with E-state index in [-0.39, 0.29) is 18.5 Å². The summed E-state index contributed by atoms with van der Waals surface area (Å²) in [4.78, 5) is 25.8. The van der Waals surface area contributed by atoms with Gasteiger partial charge in [0, 0.05) is 31.3 Å².